The molecule has 0 aromatic heterocycles. The molecular formula is C8H12O2. The summed E-state index contributed by atoms with van der Waals surface area (Å²) in [4.78, 5) is 21.1. The third-order valence-electron chi connectivity index (χ3n) is 1.08. The van der Waals surface area contributed by atoms with Crippen molar-refractivity contribution in [1.29, 1.82) is 0 Å². The van der Waals surface area contributed by atoms with Crippen LogP contribution in [0, 0.1) is 0 Å². The largest absolute Gasteiger partial charge is 0.300 e. The second-order valence-corrected chi connectivity index (χ2v) is 2.17. The minimum atomic E-state index is 0.0256. The first-order chi connectivity index (χ1) is 4.66. The third kappa shape index (κ3) is 5.22. The van der Waals surface area contributed by atoms with Crippen LogP contribution in [0.5, 0.6) is 0 Å². The number of rotatable bonds is 4. The molecule has 10 heavy (non-hydrogen) atoms. The summed E-state index contributed by atoms with van der Waals surface area (Å²) in [5.74, 6) is 0.0931. The Morgan fingerprint density at radius 2 is 1.90 bits per heavy atom. The van der Waals surface area contributed by atoms with Gasteiger partial charge >= 0.3 is 0 Å². The van der Waals surface area contributed by atoms with Crippen LogP contribution in [0.1, 0.15) is 26.7 Å². The Labute approximate surface area is 60.9 Å². The lowest BCUT2D eigenvalue weighted by atomic mass is 10.2. The summed E-state index contributed by atoms with van der Waals surface area (Å²) in [6, 6.07) is 0. The Bertz CT molecular complexity index is 157. The van der Waals surface area contributed by atoms with Gasteiger partial charge in [-0.15, -0.1) is 0 Å². The van der Waals surface area contributed by atoms with Gasteiger partial charge in [0.15, 0.2) is 5.78 Å². The fraction of sp³-hybridized carbons (Fsp3) is 0.500. The van der Waals surface area contributed by atoms with Gasteiger partial charge in [0.25, 0.3) is 0 Å². The topological polar surface area (TPSA) is 34.1 Å². The minimum Gasteiger partial charge on any atom is -0.300 e. The monoisotopic (exact) mass is 140 g/mol. The molecule has 0 aliphatic rings. The number of carbonyl (C=O) groups excluding carboxylic acids is 2. The molecule has 0 atom stereocenters. The molecule has 0 amide bonds. The van der Waals surface area contributed by atoms with E-state index in [4.69, 9.17) is 0 Å². The Morgan fingerprint density at radius 1 is 1.30 bits per heavy atom. The highest BCUT2D eigenvalue weighted by Gasteiger charge is 1.97. The summed E-state index contributed by atoms with van der Waals surface area (Å²) < 4.78 is 0. The summed E-state index contributed by atoms with van der Waals surface area (Å²) in [5.41, 5.74) is 0. The lowest BCUT2D eigenvalue weighted by molar-refractivity contribution is -0.120. The zero-order valence-corrected chi connectivity index (χ0v) is 6.39. The summed E-state index contributed by atoms with van der Waals surface area (Å²) in [7, 11) is 0. The second-order valence-electron chi connectivity index (χ2n) is 2.17. The van der Waals surface area contributed by atoms with Crippen LogP contribution in [-0.2, 0) is 9.59 Å². The van der Waals surface area contributed by atoms with E-state index >= 15 is 0 Å². The average molecular weight is 140 g/mol. The highest BCUT2D eigenvalue weighted by atomic mass is 16.1. The van der Waals surface area contributed by atoms with Crippen molar-refractivity contribution in [1.82, 2.24) is 0 Å². The van der Waals surface area contributed by atoms with Gasteiger partial charge < -0.3 is 4.79 Å². The molecule has 0 aliphatic heterocycles. The lowest BCUT2D eigenvalue weighted by Crippen LogP contribution is -1.97. The van der Waals surface area contributed by atoms with E-state index in [0.717, 1.165) is 0 Å². The van der Waals surface area contributed by atoms with Crippen molar-refractivity contribution in [3.8, 4) is 0 Å². The second kappa shape index (κ2) is 4.91. The van der Waals surface area contributed by atoms with Gasteiger partial charge in [-0.05, 0) is 19.9 Å². The Balaban J connectivity index is 3.50. The molecule has 56 valence electrons. The minimum absolute atomic E-state index is 0.0256. The molecule has 0 heterocycles. The molecular weight excluding hydrogens is 128 g/mol. The number of allylic oxidation sites excluding steroid dienone is 2. The summed E-state index contributed by atoms with van der Waals surface area (Å²) in [5, 5.41) is 0. The molecule has 0 radical (unpaired) electrons. The first-order valence-corrected chi connectivity index (χ1v) is 3.31. The number of carbonyl (C=O) groups is 2. The Morgan fingerprint density at radius 3 is 2.30 bits per heavy atom. The summed E-state index contributed by atoms with van der Waals surface area (Å²) >= 11 is 0. The molecule has 0 N–H and O–H groups in total. The zero-order chi connectivity index (χ0) is 7.98. The van der Waals surface area contributed by atoms with E-state index in [0.29, 0.717) is 12.8 Å². The molecule has 0 bridgehead atoms. The van der Waals surface area contributed by atoms with Crippen LogP contribution in [0.15, 0.2) is 12.2 Å². The van der Waals surface area contributed by atoms with Gasteiger partial charge in [0.05, 0.1) is 0 Å². The Kier molecular flexibility index (Phi) is 4.46. The van der Waals surface area contributed by atoms with Gasteiger partial charge in [-0.2, -0.15) is 0 Å². The summed E-state index contributed by atoms with van der Waals surface area (Å²) in [6.07, 6.45) is 3.88. The van der Waals surface area contributed by atoms with Gasteiger partial charge in [0, 0.05) is 12.8 Å². The molecule has 0 rings (SSSR count). The number of hydrogen-bond donors (Lipinski definition) is 0. The van der Waals surface area contributed by atoms with Crippen LogP contribution in [-0.4, -0.2) is 11.6 Å². The highest BCUT2D eigenvalue weighted by Crippen LogP contribution is 1.92. The van der Waals surface area contributed by atoms with Crippen molar-refractivity contribution >= 4 is 11.6 Å². The average Bonchev–Trinajstić information content (AvgIpc) is 1.85. The van der Waals surface area contributed by atoms with E-state index in [1.54, 1.807) is 13.0 Å². The zero-order valence-electron chi connectivity index (χ0n) is 6.39. The van der Waals surface area contributed by atoms with Crippen molar-refractivity contribution < 1.29 is 9.59 Å². The van der Waals surface area contributed by atoms with Crippen LogP contribution in [0.25, 0.3) is 0 Å². The fourth-order valence-corrected chi connectivity index (χ4v) is 0.568. The van der Waals surface area contributed by atoms with Gasteiger partial charge in [0.1, 0.15) is 5.78 Å². The van der Waals surface area contributed by atoms with Crippen LogP contribution in [0.2, 0.25) is 0 Å². The molecule has 0 aromatic rings. The van der Waals surface area contributed by atoms with Crippen molar-refractivity contribution in [2.75, 3.05) is 0 Å². The van der Waals surface area contributed by atoms with Gasteiger partial charge in [-0.1, -0.05) is 6.08 Å². The third-order valence-corrected chi connectivity index (χ3v) is 1.08. The van der Waals surface area contributed by atoms with Crippen molar-refractivity contribution in [3.63, 3.8) is 0 Å². The smallest absolute Gasteiger partial charge is 0.155 e. The molecule has 0 spiro atoms. The molecule has 0 aliphatic carbocycles. The van der Waals surface area contributed by atoms with Crippen LogP contribution in [0.4, 0.5) is 0 Å². The van der Waals surface area contributed by atoms with E-state index in [9.17, 15) is 9.59 Å². The molecule has 2 nitrogen and oxygen atoms in total. The van der Waals surface area contributed by atoms with Crippen molar-refractivity contribution in [3.05, 3.63) is 12.2 Å². The quantitative estimate of drug-likeness (QED) is 0.554. The fourth-order valence-electron chi connectivity index (χ4n) is 0.568. The van der Waals surface area contributed by atoms with Gasteiger partial charge in [-0.25, -0.2) is 0 Å². The molecule has 2 heteroatoms. The Hall–Kier alpha value is -0.920. The first-order valence-electron chi connectivity index (χ1n) is 3.31. The van der Waals surface area contributed by atoms with Crippen molar-refractivity contribution in [2.45, 2.75) is 26.7 Å². The maximum atomic E-state index is 10.7. The number of Topliss-reactive ketones (excluding diaryl/α,β-unsaturated/α-hetero) is 1. The van der Waals surface area contributed by atoms with Crippen LogP contribution >= 0.6 is 0 Å². The maximum Gasteiger partial charge on any atom is 0.155 e. The predicted molar refractivity (Wildman–Crippen MR) is 39.7 cm³/mol. The number of ketones is 2. The van der Waals surface area contributed by atoms with E-state index in [2.05, 4.69) is 0 Å². The predicted octanol–water partition coefficient (Wildman–Crippen LogP) is 1.50. The normalized spacial score (nSPS) is 10.2. The van der Waals surface area contributed by atoms with E-state index < -0.39 is 0 Å². The molecule has 0 unspecified atom stereocenters. The first kappa shape index (κ1) is 9.08. The molecule has 0 fully saturated rings. The molecule has 0 saturated heterocycles. The van der Waals surface area contributed by atoms with E-state index in [1.165, 1.54) is 13.0 Å². The van der Waals surface area contributed by atoms with Crippen LogP contribution < -0.4 is 0 Å². The highest BCUT2D eigenvalue weighted by molar-refractivity contribution is 5.92. The standard InChI is InChI=1S/C8H12O2/c1-3-4-8(10)6-5-7(2)9/h3-4H,5-6H2,1-2H3/b4-3-. The summed E-state index contributed by atoms with van der Waals surface area (Å²) in [6.45, 7) is 3.27. The van der Waals surface area contributed by atoms with Crippen molar-refractivity contribution in [2.24, 2.45) is 0 Å². The van der Waals surface area contributed by atoms with Crippen LogP contribution in [0.3, 0.4) is 0 Å². The SMILES string of the molecule is C/C=C\C(=O)CCC(C)=O. The maximum absolute atomic E-state index is 10.7. The van der Waals surface area contributed by atoms with Gasteiger partial charge in [0.2, 0.25) is 0 Å². The molecule has 0 saturated carbocycles. The van der Waals surface area contributed by atoms with E-state index in [1.807, 2.05) is 0 Å². The van der Waals surface area contributed by atoms with Gasteiger partial charge in [-0.3, -0.25) is 4.79 Å². The molecule has 0 aromatic carbocycles. The number of hydrogen-bond acceptors (Lipinski definition) is 2. The van der Waals surface area contributed by atoms with E-state index in [-0.39, 0.29) is 11.6 Å². The lowest BCUT2D eigenvalue weighted by Gasteiger charge is -1.89.